The van der Waals surface area contributed by atoms with E-state index in [4.69, 9.17) is 5.41 Å². The summed E-state index contributed by atoms with van der Waals surface area (Å²) in [6.45, 7) is 0. The molecule has 2 aliphatic heterocycles. The minimum atomic E-state index is -1.49. The van der Waals surface area contributed by atoms with Crippen LogP contribution in [0.4, 0.5) is 4.79 Å². The fourth-order valence-electron chi connectivity index (χ4n) is 7.29. The van der Waals surface area contributed by atoms with Gasteiger partial charge in [-0.2, -0.15) is 0 Å². The summed E-state index contributed by atoms with van der Waals surface area (Å²) < 4.78 is 0. The van der Waals surface area contributed by atoms with Crippen LogP contribution in [-0.2, 0) is 21.5 Å². The van der Waals surface area contributed by atoms with Gasteiger partial charge in [0, 0.05) is 62.6 Å². The molecule has 3 N–H and O–H groups in total. The molecule has 0 bridgehead atoms. The van der Waals surface area contributed by atoms with E-state index in [-0.39, 0.29) is 24.2 Å². The van der Waals surface area contributed by atoms with Gasteiger partial charge in [0.2, 0.25) is 5.96 Å². The fraction of sp³-hybridized carbons (Fsp3) is 0.286. The van der Waals surface area contributed by atoms with E-state index < -0.39 is 23.0 Å². The van der Waals surface area contributed by atoms with Crippen LogP contribution in [0, 0.1) is 5.41 Å². The second kappa shape index (κ2) is 7.03. The highest BCUT2D eigenvalue weighted by Gasteiger charge is 2.74. The Labute approximate surface area is 218 Å². The number of urea groups is 1. The molecule has 0 unspecified atom stereocenters. The number of carbonyl (C=O) groups is 3. The van der Waals surface area contributed by atoms with E-state index in [9.17, 15) is 14.4 Å². The Bertz CT molecular complexity index is 1740. The highest BCUT2D eigenvalue weighted by atomic mass is 16.2. The number of imide groups is 1. The van der Waals surface area contributed by atoms with Gasteiger partial charge in [0.25, 0.3) is 11.8 Å². The predicted molar refractivity (Wildman–Crippen MR) is 142 cm³/mol. The molecule has 7 rings (SSSR count). The zero-order chi connectivity index (χ0) is 26.7. The monoisotopic (exact) mass is 509 g/mol. The lowest BCUT2D eigenvalue weighted by Gasteiger charge is -2.53. The smallest absolute Gasteiger partial charge is 0.327 e. The van der Waals surface area contributed by atoms with Crippen LogP contribution in [0.25, 0.3) is 21.8 Å². The number of hydrogen-bond donors (Lipinski definition) is 3. The second-order valence-electron chi connectivity index (χ2n) is 10.6. The zero-order valence-electron chi connectivity index (χ0n) is 21.5. The molecule has 4 heterocycles. The first-order valence-electron chi connectivity index (χ1n) is 12.5. The Balaban J connectivity index is 1.69. The number of nitrogens with zero attached hydrogens (tertiary/aromatic N) is 4. The molecule has 3 atom stereocenters. The third-order valence-electron chi connectivity index (χ3n) is 9.11. The van der Waals surface area contributed by atoms with E-state index >= 15 is 0 Å². The number of amides is 4. The molecule has 2 aromatic carbocycles. The van der Waals surface area contributed by atoms with E-state index in [0.29, 0.717) is 5.69 Å². The molecule has 10 heteroatoms. The summed E-state index contributed by atoms with van der Waals surface area (Å²) >= 11 is 0. The third-order valence-corrected chi connectivity index (χ3v) is 9.11. The SMILES string of the molecule is CN1C(=N)N(C)[C@@]2(C1=O)c1[nH]c3ccccc3c1C[C@@]1(C(=O)N(C)C(=O)N1C)[C@H]2c1c[nH]c2ccccc12. The van der Waals surface area contributed by atoms with E-state index in [2.05, 4.69) is 9.97 Å². The molecule has 1 aliphatic carbocycles. The maximum absolute atomic E-state index is 14.6. The highest BCUT2D eigenvalue weighted by molar-refractivity contribution is 6.14. The van der Waals surface area contributed by atoms with Crippen molar-refractivity contribution in [3.8, 4) is 0 Å². The van der Waals surface area contributed by atoms with Gasteiger partial charge in [0.05, 0.1) is 11.6 Å². The normalized spacial score (nSPS) is 27.3. The maximum Gasteiger partial charge on any atom is 0.327 e. The van der Waals surface area contributed by atoms with E-state index in [1.54, 1.807) is 26.0 Å². The molecule has 2 aromatic heterocycles. The molecule has 2 fully saturated rings. The van der Waals surface area contributed by atoms with Gasteiger partial charge < -0.3 is 19.8 Å². The van der Waals surface area contributed by atoms with Crippen LogP contribution in [0.15, 0.2) is 54.7 Å². The van der Waals surface area contributed by atoms with Crippen molar-refractivity contribution in [2.45, 2.75) is 23.4 Å². The number of carbonyl (C=O) groups excluding carboxylic acids is 3. The average molecular weight is 510 g/mol. The number of likely N-dealkylation sites (N-methyl/N-ethyl adjacent to an activating group) is 4. The number of hydrogen-bond acceptors (Lipinski definition) is 4. The number of benzene rings is 2. The lowest BCUT2D eigenvalue weighted by molar-refractivity contribution is -0.142. The summed E-state index contributed by atoms with van der Waals surface area (Å²) in [5.74, 6) is -1.50. The van der Waals surface area contributed by atoms with Crippen molar-refractivity contribution >= 4 is 45.6 Å². The molecule has 2 saturated heterocycles. The van der Waals surface area contributed by atoms with Gasteiger partial charge in [-0.05, 0) is 23.3 Å². The summed E-state index contributed by atoms with van der Waals surface area (Å²) in [4.78, 5) is 54.9. The van der Waals surface area contributed by atoms with E-state index in [1.165, 1.54) is 16.8 Å². The topological polar surface area (TPSA) is 120 Å². The molecule has 10 nitrogen and oxygen atoms in total. The number of nitrogens with one attached hydrogen (secondary N) is 3. The first kappa shape index (κ1) is 22.6. The Hall–Kier alpha value is -4.60. The Morgan fingerprint density at radius 2 is 1.50 bits per heavy atom. The van der Waals surface area contributed by atoms with Gasteiger partial charge in [-0.15, -0.1) is 0 Å². The van der Waals surface area contributed by atoms with Crippen molar-refractivity contribution in [3.63, 3.8) is 0 Å². The number of aromatic amines is 2. The number of fused-ring (bicyclic) bond motifs is 5. The van der Waals surface area contributed by atoms with Crippen molar-refractivity contribution in [1.29, 1.82) is 5.41 Å². The van der Waals surface area contributed by atoms with Gasteiger partial charge in [0.15, 0.2) is 5.54 Å². The van der Waals surface area contributed by atoms with Gasteiger partial charge in [-0.3, -0.25) is 24.8 Å². The molecular formula is C28H27N7O3. The lowest BCUT2D eigenvalue weighted by atomic mass is 9.58. The van der Waals surface area contributed by atoms with Gasteiger partial charge in [-0.1, -0.05) is 36.4 Å². The summed E-state index contributed by atoms with van der Waals surface area (Å²) in [7, 11) is 6.45. The highest BCUT2D eigenvalue weighted by Crippen LogP contribution is 2.60. The van der Waals surface area contributed by atoms with Crippen LogP contribution >= 0.6 is 0 Å². The Kier molecular flexibility index (Phi) is 4.18. The van der Waals surface area contributed by atoms with Crippen molar-refractivity contribution in [2.24, 2.45) is 0 Å². The van der Waals surface area contributed by atoms with Gasteiger partial charge >= 0.3 is 6.03 Å². The lowest BCUT2D eigenvalue weighted by Crippen LogP contribution is -2.67. The minimum Gasteiger partial charge on any atom is -0.361 e. The number of guanidine groups is 1. The second-order valence-corrected chi connectivity index (χ2v) is 10.6. The number of H-pyrrole nitrogens is 2. The predicted octanol–water partition coefficient (Wildman–Crippen LogP) is 2.79. The maximum atomic E-state index is 14.6. The van der Waals surface area contributed by atoms with Crippen molar-refractivity contribution in [2.75, 3.05) is 28.2 Å². The van der Waals surface area contributed by atoms with Crippen LogP contribution in [0.1, 0.15) is 22.7 Å². The van der Waals surface area contributed by atoms with Crippen LogP contribution in [0.3, 0.4) is 0 Å². The van der Waals surface area contributed by atoms with Crippen LogP contribution in [0.2, 0.25) is 0 Å². The third kappa shape index (κ3) is 2.26. The van der Waals surface area contributed by atoms with Crippen LogP contribution < -0.4 is 0 Å². The van der Waals surface area contributed by atoms with Crippen molar-refractivity contribution in [3.05, 3.63) is 71.5 Å². The molecule has 0 saturated carbocycles. The first-order chi connectivity index (χ1) is 18.2. The summed E-state index contributed by atoms with van der Waals surface area (Å²) in [6.07, 6.45) is 2.07. The molecule has 38 heavy (non-hydrogen) atoms. The summed E-state index contributed by atoms with van der Waals surface area (Å²) in [6, 6.07) is 15.1. The van der Waals surface area contributed by atoms with E-state index in [1.807, 2.05) is 54.7 Å². The molecule has 4 amide bonds. The Morgan fingerprint density at radius 3 is 2.13 bits per heavy atom. The van der Waals surface area contributed by atoms with Gasteiger partial charge in [0.1, 0.15) is 5.54 Å². The number of para-hydroxylation sites is 2. The molecule has 4 aromatic rings. The molecule has 192 valence electrons. The van der Waals surface area contributed by atoms with Gasteiger partial charge in [-0.25, -0.2) is 4.79 Å². The Morgan fingerprint density at radius 1 is 0.842 bits per heavy atom. The minimum absolute atomic E-state index is 0.0225. The summed E-state index contributed by atoms with van der Waals surface area (Å²) in [5.41, 5.74) is 1.01. The number of aromatic nitrogens is 2. The molecule has 2 spiro atoms. The van der Waals surface area contributed by atoms with Crippen LogP contribution in [-0.4, -0.2) is 87.1 Å². The zero-order valence-corrected chi connectivity index (χ0v) is 21.5. The van der Waals surface area contributed by atoms with E-state index in [0.717, 1.165) is 37.8 Å². The largest absolute Gasteiger partial charge is 0.361 e. The fourth-order valence-corrected chi connectivity index (χ4v) is 7.29. The van der Waals surface area contributed by atoms with Crippen molar-refractivity contribution in [1.82, 2.24) is 29.6 Å². The molecule has 3 aliphatic rings. The quantitative estimate of drug-likeness (QED) is 0.342. The number of rotatable bonds is 1. The average Bonchev–Trinajstić information content (AvgIpc) is 3.61. The molecule has 0 radical (unpaired) electrons. The van der Waals surface area contributed by atoms with Crippen molar-refractivity contribution < 1.29 is 14.4 Å². The standard InChI is InChI=1S/C28H27N7O3/c1-32-24(37)28(34(3)25(32)29)21(18-14-30-19-11-7-5-10-16(18)19)27(23(36)33(2)26(38)35(27)4)13-17-15-9-6-8-12-20(15)31-22(17)28/h5-12,14,21,29-31H,13H2,1-4H3/t21-,27+,28-/m1/s1. The first-order valence-corrected chi connectivity index (χ1v) is 12.5. The summed E-state index contributed by atoms with van der Waals surface area (Å²) in [5, 5.41) is 10.6. The molecular weight excluding hydrogens is 482 g/mol. The van der Waals surface area contributed by atoms with Crippen LogP contribution in [0.5, 0.6) is 0 Å².